The second kappa shape index (κ2) is 8.06. The normalized spacial score (nSPS) is 21.3. The van der Waals surface area contributed by atoms with Crippen molar-refractivity contribution < 1.29 is 18.0 Å². The van der Waals surface area contributed by atoms with E-state index in [-0.39, 0.29) is 23.3 Å². The predicted molar refractivity (Wildman–Crippen MR) is 99.9 cm³/mol. The van der Waals surface area contributed by atoms with Crippen LogP contribution in [-0.2, 0) is 19.6 Å². The van der Waals surface area contributed by atoms with Crippen LogP contribution in [0, 0.1) is 0 Å². The molecule has 7 nitrogen and oxygen atoms in total. The fraction of sp³-hybridized carbons (Fsp3) is 0.529. The van der Waals surface area contributed by atoms with Gasteiger partial charge in [0.25, 0.3) is 0 Å². The molecule has 3 rings (SSSR count). The summed E-state index contributed by atoms with van der Waals surface area (Å²) in [5.41, 5.74) is 0. The van der Waals surface area contributed by atoms with Gasteiger partial charge in [-0.2, -0.15) is 4.72 Å². The number of nitrogens with one attached hydrogen (secondary N) is 1. The average molecular weight is 444 g/mol. The number of rotatable bonds is 5. The van der Waals surface area contributed by atoms with Crippen molar-refractivity contribution in [2.45, 2.75) is 36.6 Å². The van der Waals surface area contributed by atoms with Crippen LogP contribution in [0.2, 0.25) is 0 Å². The Balaban J connectivity index is 1.65. The van der Waals surface area contributed by atoms with Gasteiger partial charge >= 0.3 is 0 Å². The summed E-state index contributed by atoms with van der Waals surface area (Å²) in [6.45, 7) is 1.98. The summed E-state index contributed by atoms with van der Waals surface area (Å²) in [4.78, 5) is 28.3. The molecule has 2 saturated heterocycles. The van der Waals surface area contributed by atoms with E-state index in [1.54, 1.807) is 17.0 Å². The van der Waals surface area contributed by atoms with Gasteiger partial charge in [-0.3, -0.25) is 9.59 Å². The van der Waals surface area contributed by atoms with Crippen LogP contribution in [0.5, 0.6) is 0 Å². The van der Waals surface area contributed by atoms with Gasteiger partial charge < -0.3 is 9.80 Å². The van der Waals surface area contributed by atoms with Crippen LogP contribution in [0.4, 0.5) is 0 Å². The lowest BCUT2D eigenvalue weighted by atomic mass is 10.1. The molecule has 1 aromatic carbocycles. The molecular formula is C17H22BrN3O4S. The van der Waals surface area contributed by atoms with Gasteiger partial charge in [-0.25, -0.2) is 8.42 Å². The van der Waals surface area contributed by atoms with Crippen molar-refractivity contribution in [1.82, 2.24) is 14.5 Å². The highest BCUT2D eigenvalue weighted by Crippen LogP contribution is 2.18. The molecule has 0 spiro atoms. The summed E-state index contributed by atoms with van der Waals surface area (Å²) in [7, 11) is -3.79. The Morgan fingerprint density at radius 1 is 1.12 bits per heavy atom. The molecule has 0 radical (unpaired) electrons. The number of carbonyl (C=O) groups is 2. The zero-order valence-corrected chi connectivity index (χ0v) is 16.8. The molecule has 2 heterocycles. The zero-order valence-electron chi connectivity index (χ0n) is 14.4. The number of likely N-dealkylation sites (tertiary alicyclic amines) is 2. The van der Waals surface area contributed by atoms with Crippen molar-refractivity contribution in [2.75, 3.05) is 26.2 Å². The zero-order chi connectivity index (χ0) is 18.7. The third-order valence-corrected chi connectivity index (χ3v) is 6.75. The molecule has 2 aliphatic rings. The largest absolute Gasteiger partial charge is 0.341 e. The number of piperidine rings is 1. The average Bonchev–Trinajstić information content (AvgIpc) is 3.13. The Labute approximate surface area is 161 Å². The second-order valence-corrected chi connectivity index (χ2v) is 9.25. The summed E-state index contributed by atoms with van der Waals surface area (Å²) in [6, 6.07) is 5.41. The summed E-state index contributed by atoms with van der Waals surface area (Å²) in [5.74, 6) is -0.392. The molecule has 0 aromatic heterocycles. The Hall–Kier alpha value is -1.45. The summed E-state index contributed by atoms with van der Waals surface area (Å²) < 4.78 is 28.3. The van der Waals surface area contributed by atoms with Crippen molar-refractivity contribution in [2.24, 2.45) is 0 Å². The molecular weight excluding hydrogens is 422 g/mol. The highest BCUT2D eigenvalue weighted by Gasteiger charge is 2.34. The maximum absolute atomic E-state index is 12.7. The highest BCUT2D eigenvalue weighted by molar-refractivity contribution is 9.10. The van der Waals surface area contributed by atoms with Crippen molar-refractivity contribution in [1.29, 1.82) is 0 Å². The Bertz CT molecular complexity index is 776. The van der Waals surface area contributed by atoms with E-state index in [4.69, 9.17) is 0 Å². The fourth-order valence-electron chi connectivity index (χ4n) is 3.31. The van der Waals surface area contributed by atoms with E-state index in [9.17, 15) is 18.0 Å². The molecule has 26 heavy (non-hydrogen) atoms. The van der Waals surface area contributed by atoms with Crippen LogP contribution in [0.15, 0.2) is 33.6 Å². The number of benzene rings is 1. The molecule has 0 unspecified atom stereocenters. The minimum atomic E-state index is -3.79. The third kappa shape index (κ3) is 4.44. The molecule has 2 fully saturated rings. The van der Waals surface area contributed by atoms with Crippen molar-refractivity contribution in [3.8, 4) is 0 Å². The lowest BCUT2D eigenvalue weighted by molar-refractivity contribution is -0.142. The Morgan fingerprint density at radius 2 is 1.77 bits per heavy atom. The Kier molecular flexibility index (Phi) is 5.99. The molecule has 1 N–H and O–H groups in total. The molecule has 0 saturated carbocycles. The quantitative estimate of drug-likeness (QED) is 0.743. The minimum absolute atomic E-state index is 0.0232. The first-order chi connectivity index (χ1) is 12.4. The number of halogens is 1. The van der Waals surface area contributed by atoms with E-state index in [1.807, 2.05) is 0 Å². The minimum Gasteiger partial charge on any atom is -0.341 e. The van der Waals surface area contributed by atoms with E-state index in [0.717, 1.165) is 30.4 Å². The molecule has 9 heteroatoms. The standard InChI is InChI=1S/C17H22BrN3O4S/c18-13-5-7-14(8-6-13)26(24,25)19-15-4-3-11-21(17(15)23)12-16(22)20-9-1-2-10-20/h5-8,15,19H,1-4,9-12H2/t15-/m0/s1. The van der Waals surface area contributed by atoms with E-state index in [1.165, 1.54) is 17.0 Å². The molecule has 0 aliphatic carbocycles. The SMILES string of the molecule is O=C(CN1CCC[C@H](NS(=O)(=O)c2ccc(Br)cc2)C1=O)N1CCCC1. The smallest absolute Gasteiger partial charge is 0.242 e. The van der Waals surface area contributed by atoms with Crippen LogP contribution in [-0.4, -0.2) is 62.3 Å². The summed E-state index contributed by atoms with van der Waals surface area (Å²) >= 11 is 3.27. The van der Waals surface area contributed by atoms with Gasteiger partial charge in [-0.15, -0.1) is 0 Å². The second-order valence-electron chi connectivity index (χ2n) is 6.62. The number of hydrogen-bond donors (Lipinski definition) is 1. The number of carbonyl (C=O) groups excluding carboxylic acids is 2. The highest BCUT2D eigenvalue weighted by atomic mass is 79.9. The first-order valence-electron chi connectivity index (χ1n) is 8.71. The van der Waals surface area contributed by atoms with Crippen molar-refractivity contribution in [3.05, 3.63) is 28.7 Å². The van der Waals surface area contributed by atoms with Crippen LogP contribution >= 0.6 is 15.9 Å². The van der Waals surface area contributed by atoms with E-state index in [2.05, 4.69) is 20.7 Å². The Morgan fingerprint density at radius 3 is 2.42 bits per heavy atom. The van der Waals surface area contributed by atoms with Crippen LogP contribution in [0.1, 0.15) is 25.7 Å². The first-order valence-corrected chi connectivity index (χ1v) is 11.0. The van der Waals surface area contributed by atoms with Crippen LogP contribution in [0.3, 0.4) is 0 Å². The lowest BCUT2D eigenvalue weighted by Gasteiger charge is -2.33. The van der Waals surface area contributed by atoms with Gasteiger partial charge in [0.15, 0.2) is 0 Å². The number of hydrogen-bond acceptors (Lipinski definition) is 4. The van der Waals surface area contributed by atoms with Gasteiger partial charge in [0.05, 0.1) is 11.4 Å². The van der Waals surface area contributed by atoms with Crippen molar-refractivity contribution in [3.63, 3.8) is 0 Å². The summed E-state index contributed by atoms with van der Waals surface area (Å²) in [5, 5.41) is 0. The predicted octanol–water partition coefficient (Wildman–Crippen LogP) is 1.34. The van der Waals surface area contributed by atoms with E-state index >= 15 is 0 Å². The van der Waals surface area contributed by atoms with Gasteiger partial charge in [-0.1, -0.05) is 15.9 Å². The lowest BCUT2D eigenvalue weighted by Crippen LogP contribution is -2.54. The molecule has 2 amide bonds. The summed E-state index contributed by atoms with van der Waals surface area (Å²) in [6.07, 6.45) is 3.08. The third-order valence-electron chi connectivity index (χ3n) is 4.74. The van der Waals surface area contributed by atoms with Crippen LogP contribution in [0.25, 0.3) is 0 Å². The van der Waals surface area contributed by atoms with Gasteiger partial charge in [0, 0.05) is 24.1 Å². The van der Waals surface area contributed by atoms with Gasteiger partial charge in [0.2, 0.25) is 21.8 Å². The molecule has 142 valence electrons. The molecule has 2 aliphatic heterocycles. The number of amides is 2. The first kappa shape index (κ1) is 19.3. The van der Waals surface area contributed by atoms with E-state index < -0.39 is 16.1 Å². The maximum atomic E-state index is 12.7. The van der Waals surface area contributed by atoms with E-state index in [0.29, 0.717) is 19.4 Å². The number of sulfonamides is 1. The molecule has 0 bridgehead atoms. The van der Waals surface area contributed by atoms with Gasteiger partial charge in [-0.05, 0) is 49.9 Å². The van der Waals surface area contributed by atoms with Gasteiger partial charge in [0.1, 0.15) is 6.04 Å². The van der Waals surface area contributed by atoms with Crippen molar-refractivity contribution >= 4 is 37.8 Å². The monoisotopic (exact) mass is 443 g/mol. The topological polar surface area (TPSA) is 86.8 Å². The van der Waals surface area contributed by atoms with Crippen LogP contribution < -0.4 is 4.72 Å². The fourth-order valence-corrected chi connectivity index (χ4v) is 4.79. The molecule has 1 atom stereocenters. The number of nitrogens with zero attached hydrogens (tertiary/aromatic N) is 2. The molecule has 1 aromatic rings. The maximum Gasteiger partial charge on any atom is 0.242 e.